The van der Waals surface area contributed by atoms with E-state index in [-0.39, 0.29) is 18.5 Å². The minimum Gasteiger partial charge on any atom is -0.466 e. The summed E-state index contributed by atoms with van der Waals surface area (Å²) in [5.41, 5.74) is 0. The molecule has 1 amide bonds. The lowest BCUT2D eigenvalue weighted by molar-refractivity contribution is -0.143. The molecule has 0 aliphatic heterocycles. The van der Waals surface area contributed by atoms with Crippen molar-refractivity contribution in [3.63, 3.8) is 0 Å². The highest BCUT2D eigenvalue weighted by atomic mass is 16.5. The van der Waals surface area contributed by atoms with Gasteiger partial charge in [-0.3, -0.25) is 9.59 Å². The lowest BCUT2D eigenvalue weighted by Crippen LogP contribution is -2.45. The first kappa shape index (κ1) is 72.1. The number of carbonyl (C=O) groups excluding carboxylic acids is 2. The van der Waals surface area contributed by atoms with Crippen molar-refractivity contribution in [1.29, 1.82) is 0 Å². The highest BCUT2D eigenvalue weighted by Crippen LogP contribution is 2.17. The summed E-state index contributed by atoms with van der Waals surface area (Å²) >= 11 is 0. The van der Waals surface area contributed by atoms with E-state index in [0.717, 1.165) is 44.9 Å². The van der Waals surface area contributed by atoms with Gasteiger partial charge in [0.2, 0.25) is 5.91 Å². The van der Waals surface area contributed by atoms with Gasteiger partial charge in [-0.2, -0.15) is 0 Å². The van der Waals surface area contributed by atoms with E-state index >= 15 is 0 Å². The van der Waals surface area contributed by atoms with Gasteiger partial charge >= 0.3 is 5.97 Å². The standard InChI is InChI=1S/C68H129NO5/c1-3-5-7-9-11-13-14-15-16-32-36-39-42-46-50-54-58-62-68(73)74-63-59-55-51-47-43-40-37-34-31-29-27-25-23-21-19-17-18-20-22-24-26-28-30-33-35-38-41-45-49-53-57-61-67(72)69-65(64-70)66(71)60-56-52-48-44-12-10-8-6-4-2/h15-16,19,21,56,60,65-66,70-71H,3-14,17-18,20,22-55,57-59,61-64H2,1-2H3,(H,69,72)/b16-15-,21-19-,60-56+. The topological polar surface area (TPSA) is 95.9 Å². The van der Waals surface area contributed by atoms with E-state index in [1.54, 1.807) is 6.08 Å². The minimum absolute atomic E-state index is 0.0141. The normalized spacial score (nSPS) is 12.8. The average molecular weight is 1040 g/mol. The van der Waals surface area contributed by atoms with Crippen molar-refractivity contribution in [2.24, 2.45) is 0 Å². The van der Waals surface area contributed by atoms with Crippen LogP contribution < -0.4 is 5.32 Å². The molecule has 0 rings (SSSR count). The number of esters is 1. The van der Waals surface area contributed by atoms with E-state index in [4.69, 9.17) is 4.74 Å². The molecule has 0 aromatic carbocycles. The van der Waals surface area contributed by atoms with Crippen LogP contribution in [-0.2, 0) is 14.3 Å². The molecule has 0 saturated heterocycles. The van der Waals surface area contributed by atoms with Gasteiger partial charge in [0, 0.05) is 12.8 Å². The maximum atomic E-state index is 12.4. The van der Waals surface area contributed by atoms with Crippen molar-refractivity contribution in [1.82, 2.24) is 5.32 Å². The SMILES string of the molecule is CCCCCCCC/C=C\CCCCCCCCCC(=O)OCCCCCCCCCCCCCC/C=C\CCCCCCCCCCCCCCCCCC(=O)NC(CO)C(O)/C=C/CCCCCCCCC. The number of hydrogen-bond acceptors (Lipinski definition) is 5. The Hall–Kier alpha value is -1.92. The molecule has 0 bridgehead atoms. The van der Waals surface area contributed by atoms with Crippen molar-refractivity contribution < 1.29 is 24.5 Å². The second-order valence-electron chi connectivity index (χ2n) is 22.8. The predicted molar refractivity (Wildman–Crippen MR) is 324 cm³/mol. The Balaban J connectivity index is 3.33. The van der Waals surface area contributed by atoms with Gasteiger partial charge in [0.05, 0.1) is 25.4 Å². The summed E-state index contributed by atoms with van der Waals surface area (Å²) in [4.78, 5) is 24.5. The van der Waals surface area contributed by atoms with Crippen LogP contribution in [0.2, 0.25) is 0 Å². The Morgan fingerprint density at radius 1 is 0.365 bits per heavy atom. The molecule has 6 heteroatoms. The quantitative estimate of drug-likeness (QED) is 0.0320. The molecule has 3 N–H and O–H groups in total. The van der Waals surface area contributed by atoms with Crippen molar-refractivity contribution >= 4 is 11.9 Å². The van der Waals surface area contributed by atoms with Gasteiger partial charge in [-0.15, -0.1) is 0 Å². The van der Waals surface area contributed by atoms with E-state index in [1.165, 1.54) is 289 Å². The third-order valence-corrected chi connectivity index (χ3v) is 15.4. The molecule has 0 aromatic rings. The molecule has 74 heavy (non-hydrogen) atoms. The van der Waals surface area contributed by atoms with E-state index < -0.39 is 12.1 Å². The van der Waals surface area contributed by atoms with Crippen LogP contribution in [-0.4, -0.2) is 47.4 Å². The number of ether oxygens (including phenoxy) is 1. The summed E-state index contributed by atoms with van der Waals surface area (Å²) in [7, 11) is 0. The van der Waals surface area contributed by atoms with Gasteiger partial charge in [-0.1, -0.05) is 301 Å². The summed E-state index contributed by atoms with van der Waals surface area (Å²) < 4.78 is 5.50. The first-order valence-electron chi connectivity index (χ1n) is 33.3. The number of amides is 1. The van der Waals surface area contributed by atoms with Gasteiger partial charge in [-0.05, 0) is 83.5 Å². The zero-order valence-corrected chi connectivity index (χ0v) is 49.8. The van der Waals surface area contributed by atoms with Crippen molar-refractivity contribution in [3.05, 3.63) is 36.5 Å². The average Bonchev–Trinajstić information content (AvgIpc) is 3.40. The Morgan fingerprint density at radius 3 is 0.959 bits per heavy atom. The molecule has 0 aromatic heterocycles. The van der Waals surface area contributed by atoms with Crippen molar-refractivity contribution in [2.45, 2.75) is 373 Å². The van der Waals surface area contributed by atoms with Crippen LogP contribution in [0.5, 0.6) is 0 Å². The third-order valence-electron chi connectivity index (χ3n) is 15.4. The number of allylic oxidation sites excluding steroid dienone is 5. The summed E-state index contributed by atoms with van der Waals surface area (Å²) in [6, 6.07) is -0.624. The Labute approximate surface area is 462 Å². The molecule has 0 radical (unpaired) electrons. The fourth-order valence-electron chi connectivity index (χ4n) is 10.3. The molecule has 2 unspecified atom stereocenters. The van der Waals surface area contributed by atoms with Crippen LogP contribution in [0.25, 0.3) is 0 Å². The second-order valence-corrected chi connectivity index (χ2v) is 22.8. The highest BCUT2D eigenvalue weighted by Gasteiger charge is 2.18. The summed E-state index contributed by atoms with van der Waals surface area (Å²) in [5, 5.41) is 23.0. The van der Waals surface area contributed by atoms with Gasteiger partial charge in [0.1, 0.15) is 0 Å². The molecule has 2 atom stereocenters. The number of nitrogens with one attached hydrogen (secondary N) is 1. The lowest BCUT2D eigenvalue weighted by Gasteiger charge is -2.20. The van der Waals surface area contributed by atoms with Crippen LogP contribution in [0, 0.1) is 0 Å². The molecular formula is C68H129NO5. The summed E-state index contributed by atoms with van der Waals surface area (Å²) in [6.45, 7) is 4.89. The van der Waals surface area contributed by atoms with Gasteiger partial charge < -0.3 is 20.3 Å². The third kappa shape index (κ3) is 59.3. The number of rotatable bonds is 62. The minimum atomic E-state index is -0.840. The molecular weight excluding hydrogens is 911 g/mol. The van der Waals surface area contributed by atoms with Gasteiger partial charge in [0.15, 0.2) is 0 Å². The summed E-state index contributed by atoms with van der Waals surface area (Å²) in [6.07, 6.45) is 80.8. The molecule has 6 nitrogen and oxygen atoms in total. The second kappa shape index (κ2) is 63.6. The molecule has 0 aliphatic carbocycles. The number of unbranched alkanes of at least 4 members (excludes halogenated alkanes) is 47. The van der Waals surface area contributed by atoms with Crippen molar-refractivity contribution in [2.75, 3.05) is 13.2 Å². The first-order valence-corrected chi connectivity index (χ1v) is 33.3. The smallest absolute Gasteiger partial charge is 0.305 e. The molecule has 0 saturated carbocycles. The Morgan fingerprint density at radius 2 is 0.635 bits per heavy atom. The van der Waals surface area contributed by atoms with Gasteiger partial charge in [0.25, 0.3) is 0 Å². The van der Waals surface area contributed by atoms with E-state index in [0.29, 0.717) is 19.4 Å². The van der Waals surface area contributed by atoms with E-state index in [2.05, 4.69) is 43.5 Å². The largest absolute Gasteiger partial charge is 0.466 e. The monoisotopic (exact) mass is 1040 g/mol. The van der Waals surface area contributed by atoms with E-state index in [1.807, 2.05) is 6.08 Å². The number of carbonyl (C=O) groups is 2. The lowest BCUT2D eigenvalue weighted by atomic mass is 10.0. The fourth-order valence-corrected chi connectivity index (χ4v) is 10.3. The van der Waals surface area contributed by atoms with Crippen LogP contribution >= 0.6 is 0 Å². The van der Waals surface area contributed by atoms with Crippen LogP contribution in [0.4, 0.5) is 0 Å². The molecule has 0 spiro atoms. The first-order chi connectivity index (χ1) is 36.5. The van der Waals surface area contributed by atoms with E-state index in [9.17, 15) is 19.8 Å². The predicted octanol–water partition coefficient (Wildman–Crippen LogP) is 21.1. The fraction of sp³-hybridized carbons (Fsp3) is 0.882. The summed E-state index contributed by atoms with van der Waals surface area (Å²) in [5.74, 6) is -0.0537. The maximum Gasteiger partial charge on any atom is 0.305 e. The van der Waals surface area contributed by atoms with Crippen LogP contribution in [0.1, 0.15) is 361 Å². The number of aliphatic hydroxyl groups is 2. The van der Waals surface area contributed by atoms with Crippen LogP contribution in [0.3, 0.4) is 0 Å². The Bertz CT molecular complexity index is 1200. The van der Waals surface area contributed by atoms with Gasteiger partial charge in [-0.25, -0.2) is 0 Å². The molecule has 436 valence electrons. The number of aliphatic hydroxyl groups excluding tert-OH is 2. The Kier molecular flexibility index (Phi) is 62.0. The highest BCUT2D eigenvalue weighted by molar-refractivity contribution is 5.76. The molecule has 0 heterocycles. The molecule has 0 aliphatic rings. The van der Waals surface area contributed by atoms with Crippen LogP contribution in [0.15, 0.2) is 36.5 Å². The molecule has 0 fully saturated rings. The van der Waals surface area contributed by atoms with Crippen molar-refractivity contribution in [3.8, 4) is 0 Å². The maximum absolute atomic E-state index is 12.4. The zero-order valence-electron chi connectivity index (χ0n) is 49.8. The number of hydrogen-bond donors (Lipinski definition) is 3. The zero-order chi connectivity index (χ0) is 53.6.